The molecule has 2 atom stereocenters. The van der Waals surface area contributed by atoms with Crippen molar-refractivity contribution in [3.05, 3.63) is 23.7 Å². The van der Waals surface area contributed by atoms with Crippen LogP contribution in [0.5, 0.6) is 0 Å². The predicted octanol–water partition coefficient (Wildman–Crippen LogP) is 6.91. The van der Waals surface area contributed by atoms with Gasteiger partial charge < -0.3 is 104 Å². The van der Waals surface area contributed by atoms with Crippen LogP contribution < -0.4 is 0 Å². The average molecular weight is 1350 g/mol. The zero-order valence-electron chi connectivity index (χ0n) is 66.9. The highest BCUT2D eigenvalue weighted by Crippen LogP contribution is 2.23. The van der Waals surface area contributed by atoms with Crippen molar-refractivity contribution in [1.29, 1.82) is 0 Å². The highest BCUT2D eigenvalue weighted by atomic mass is 16.3. The van der Waals surface area contributed by atoms with Crippen LogP contribution in [-0.2, 0) is 6.54 Å². The lowest BCUT2D eigenvalue weighted by Gasteiger charge is -2.25. The molecule has 9 N–H and O–H groups in total. The van der Waals surface area contributed by atoms with Crippen LogP contribution >= 0.6 is 0 Å². The van der Waals surface area contributed by atoms with E-state index in [-0.39, 0.29) is 37.4 Å². The Balaban J connectivity index is -0.000000120. The number of hydrogen-bond acceptors (Lipinski definition) is 21. The zero-order valence-corrected chi connectivity index (χ0v) is 66.9. The van der Waals surface area contributed by atoms with Gasteiger partial charge in [0.1, 0.15) is 11.5 Å². The molecular weight excluding hydrogens is 1180 g/mol. The number of aliphatic hydroxyl groups is 9. The second-order valence-corrected chi connectivity index (χ2v) is 27.0. The Kier molecular flexibility index (Phi) is 100. The highest BCUT2D eigenvalue weighted by molar-refractivity contribution is 5.05. The molecule has 0 amide bonds. The van der Waals surface area contributed by atoms with Gasteiger partial charge in [0, 0.05) is 84.3 Å². The molecule has 1 fully saturated rings. The van der Waals surface area contributed by atoms with E-state index in [0.717, 1.165) is 148 Å². The number of unbranched alkanes of at least 4 members (excludes halogenated alkanes) is 4. The van der Waals surface area contributed by atoms with E-state index in [1.807, 2.05) is 134 Å². The summed E-state index contributed by atoms with van der Waals surface area (Å²) < 4.78 is 5.35. The first-order valence-electron chi connectivity index (χ1n) is 35.6. The number of aryl methyl sites for hydroxylation is 1. The summed E-state index contributed by atoms with van der Waals surface area (Å²) in [5.74, 6) is 3.02. The lowest BCUT2D eigenvalue weighted by atomic mass is 9.89. The zero-order chi connectivity index (χ0) is 74.0. The first kappa shape index (κ1) is 110. The van der Waals surface area contributed by atoms with Crippen molar-refractivity contribution in [2.45, 2.75) is 178 Å². The summed E-state index contributed by atoms with van der Waals surface area (Å²) in [6, 6.07) is 3.99. The normalized spacial score (nSPS) is 12.7. The third kappa shape index (κ3) is 118. The van der Waals surface area contributed by atoms with E-state index in [9.17, 15) is 0 Å². The molecule has 1 aliphatic carbocycles. The number of furan rings is 1. The van der Waals surface area contributed by atoms with E-state index < -0.39 is 0 Å². The van der Waals surface area contributed by atoms with Gasteiger partial charge in [-0.1, -0.05) is 87.5 Å². The maximum absolute atomic E-state index is 8.94. The van der Waals surface area contributed by atoms with Crippen LogP contribution in [0.15, 0.2) is 16.5 Å². The average Bonchev–Trinajstić information content (AvgIpc) is 3.44. The number of hydrogen-bond donors (Lipinski definition) is 9. The van der Waals surface area contributed by atoms with E-state index >= 15 is 0 Å². The van der Waals surface area contributed by atoms with E-state index in [0.29, 0.717) is 26.4 Å². The van der Waals surface area contributed by atoms with Crippen molar-refractivity contribution in [2.24, 2.45) is 11.3 Å². The monoisotopic (exact) mass is 1350 g/mol. The minimum atomic E-state index is -0.199. The van der Waals surface area contributed by atoms with Gasteiger partial charge in [-0.2, -0.15) is 0 Å². The minimum absolute atomic E-state index is 0.0451. The van der Waals surface area contributed by atoms with Crippen molar-refractivity contribution >= 4 is 0 Å². The first-order chi connectivity index (χ1) is 43.5. The molecule has 0 spiro atoms. The SMILES string of the molecule is CC(O)CN(C)C.CCN(CC)CC(C)O.CCN(CC)CCCO.CCN(CC)CCO.CN(C)CC(C)(C)CO.CN(C)CC1CCCCC1.CN(C)CCCCCCO.CN(C)CCCCO.CN(C)CCCO.CN(C)CCO.Cc1ccc(CN(C)C)o1. The summed E-state index contributed by atoms with van der Waals surface area (Å²) in [5.41, 5.74) is 0.0451. The molecule has 1 aromatic heterocycles. The van der Waals surface area contributed by atoms with Crippen LogP contribution in [0.1, 0.15) is 164 Å². The standard InChI is InChI=1S/C9H19N.C8H13NO.C8H19NO.3C7H17NO.2C6H15NO.2C5H13NO.C4H11NO/c1-10(2)8-9-6-4-3-5-7-9;1-7-4-5-8(10-7)6-9(2)3;1-9(2)7-5-3-4-6-8-10;1-7(2,6-9)5-8(3)4;1-4-8(5-2)6-7(3)9;1-3-8(4-2)6-5-7-9;1-7(2)5-3-4-6-8;1-3-7(4-2)5-6-8;1-5(7)4-6(2)3;1-6(2)4-3-5-7;1-5(2)3-4-6/h9H,3-8H2,1-2H3;4-5H,6H2,1-3H3;10H,3-8H2,1-2H3;9H,5-6H2,1-4H3;7,9H,4-6H2,1-3H3;9H,3-7H2,1-2H3;2*8H,3-6H2,1-2H3;5,7H,4H2,1-3H3;7H,3-5H2,1-2H3;6H,3-4H2,1-2H3. The smallest absolute Gasteiger partial charge is 0.118 e. The molecule has 2 rings (SSSR count). The fraction of sp³-hybridized carbons (Fsp3) is 0.944. The van der Waals surface area contributed by atoms with Crippen LogP contribution in [0, 0.1) is 18.3 Å². The van der Waals surface area contributed by atoms with Gasteiger partial charge in [-0.3, -0.25) is 0 Å². The Hall–Kier alpha value is -1.52. The molecular formula is C72H169N11O10. The highest BCUT2D eigenvalue weighted by Gasteiger charge is 2.16. The maximum Gasteiger partial charge on any atom is 0.118 e. The number of aliphatic hydroxyl groups excluding tert-OH is 9. The number of likely N-dealkylation sites (N-methyl/N-ethyl adjacent to an activating group) is 4. The van der Waals surface area contributed by atoms with Crippen LogP contribution in [0.2, 0.25) is 0 Å². The first-order valence-corrected chi connectivity index (χ1v) is 35.6. The van der Waals surface area contributed by atoms with Gasteiger partial charge >= 0.3 is 0 Å². The largest absolute Gasteiger partial charge is 0.465 e. The fourth-order valence-corrected chi connectivity index (χ4v) is 8.59. The molecule has 1 saturated carbocycles. The van der Waals surface area contributed by atoms with Crippen LogP contribution in [0.3, 0.4) is 0 Å². The van der Waals surface area contributed by atoms with Gasteiger partial charge in [0.25, 0.3) is 0 Å². The van der Waals surface area contributed by atoms with Gasteiger partial charge in [-0.25, -0.2) is 0 Å². The molecule has 0 saturated heterocycles. The lowest BCUT2D eigenvalue weighted by molar-refractivity contribution is 0.125. The topological polar surface area (TPSA) is 231 Å². The molecule has 0 aromatic carbocycles. The Labute approximate surface area is 579 Å². The maximum atomic E-state index is 8.94. The Morgan fingerprint density at radius 1 is 0.409 bits per heavy atom. The summed E-state index contributed by atoms with van der Waals surface area (Å²) in [4.78, 5) is 23.4. The predicted molar refractivity (Wildman–Crippen MR) is 404 cm³/mol. The molecule has 0 aliphatic heterocycles. The summed E-state index contributed by atoms with van der Waals surface area (Å²) >= 11 is 0. The molecule has 21 heteroatoms. The van der Waals surface area contributed by atoms with E-state index in [1.54, 1.807) is 6.92 Å². The van der Waals surface area contributed by atoms with Crippen LogP contribution in [-0.4, -0.2) is 376 Å². The summed E-state index contributed by atoms with van der Waals surface area (Å²) in [6.45, 7) is 41.3. The van der Waals surface area contributed by atoms with Crippen LogP contribution in [0.25, 0.3) is 0 Å². The molecule has 1 heterocycles. The summed E-state index contributed by atoms with van der Waals surface area (Å²) in [6.07, 6.45) is 15.4. The van der Waals surface area contributed by atoms with Crippen molar-refractivity contribution in [2.75, 3.05) is 264 Å². The van der Waals surface area contributed by atoms with Gasteiger partial charge in [0.15, 0.2) is 0 Å². The van der Waals surface area contributed by atoms with E-state index in [4.69, 9.17) is 50.4 Å². The lowest BCUT2D eigenvalue weighted by Crippen LogP contribution is -2.31. The third-order valence-electron chi connectivity index (χ3n) is 13.5. The second-order valence-electron chi connectivity index (χ2n) is 27.0. The molecule has 93 heavy (non-hydrogen) atoms. The van der Waals surface area contributed by atoms with Gasteiger partial charge in [0.2, 0.25) is 0 Å². The van der Waals surface area contributed by atoms with Crippen LogP contribution in [0.4, 0.5) is 0 Å². The molecule has 0 radical (unpaired) electrons. The molecule has 0 bridgehead atoms. The van der Waals surface area contributed by atoms with Crippen molar-refractivity contribution in [3.63, 3.8) is 0 Å². The van der Waals surface area contributed by atoms with Crippen molar-refractivity contribution in [1.82, 2.24) is 53.9 Å². The Morgan fingerprint density at radius 2 is 0.785 bits per heavy atom. The van der Waals surface area contributed by atoms with Gasteiger partial charge in [-0.05, 0) is 262 Å². The fourth-order valence-electron chi connectivity index (χ4n) is 8.59. The summed E-state index contributed by atoms with van der Waals surface area (Å²) in [5, 5.41) is 76.7. The van der Waals surface area contributed by atoms with E-state index in [1.165, 1.54) is 64.5 Å². The third-order valence-corrected chi connectivity index (χ3v) is 13.5. The molecule has 21 nitrogen and oxygen atoms in total. The Bertz CT molecular complexity index is 1430. The second kappa shape index (κ2) is 84.7. The molecule has 572 valence electrons. The minimum Gasteiger partial charge on any atom is -0.465 e. The van der Waals surface area contributed by atoms with Gasteiger partial charge in [-0.15, -0.1) is 0 Å². The molecule has 2 unspecified atom stereocenters. The van der Waals surface area contributed by atoms with Gasteiger partial charge in [0.05, 0.1) is 32.0 Å². The van der Waals surface area contributed by atoms with Crippen molar-refractivity contribution < 1.29 is 50.4 Å². The molecule has 1 aliphatic rings. The Morgan fingerprint density at radius 3 is 1.03 bits per heavy atom. The number of nitrogens with zero attached hydrogens (tertiary/aromatic N) is 11. The molecule has 1 aromatic rings. The van der Waals surface area contributed by atoms with E-state index in [2.05, 4.69) is 114 Å². The quantitative estimate of drug-likeness (QED) is 0.0308. The summed E-state index contributed by atoms with van der Waals surface area (Å²) in [7, 11) is 32.4. The number of rotatable bonds is 37. The van der Waals surface area contributed by atoms with Crippen molar-refractivity contribution in [3.8, 4) is 0 Å².